The lowest BCUT2D eigenvalue weighted by molar-refractivity contribution is 0.202. The molecule has 22 heavy (non-hydrogen) atoms. The maximum atomic E-state index is 6.13. The molecule has 0 spiro atoms. The van der Waals surface area contributed by atoms with E-state index in [-0.39, 0.29) is 0 Å². The number of nitrogens with one attached hydrogen (secondary N) is 1. The fourth-order valence-electron chi connectivity index (χ4n) is 2.68. The van der Waals surface area contributed by atoms with Gasteiger partial charge in [-0.15, -0.1) is 0 Å². The molecule has 0 bridgehead atoms. The number of aryl methyl sites for hydroxylation is 1. The van der Waals surface area contributed by atoms with Crippen molar-refractivity contribution in [1.29, 1.82) is 0 Å². The van der Waals surface area contributed by atoms with Gasteiger partial charge in [0.1, 0.15) is 0 Å². The van der Waals surface area contributed by atoms with Crippen LogP contribution >= 0.6 is 11.6 Å². The summed E-state index contributed by atoms with van der Waals surface area (Å²) in [6.07, 6.45) is 0. The highest BCUT2D eigenvalue weighted by Crippen LogP contribution is 2.25. The third-order valence-corrected chi connectivity index (χ3v) is 4.13. The van der Waals surface area contributed by atoms with Crippen molar-refractivity contribution in [3.05, 3.63) is 28.8 Å². The van der Waals surface area contributed by atoms with Gasteiger partial charge in [-0.1, -0.05) is 17.7 Å². The minimum absolute atomic E-state index is 0.681. The number of benzene rings is 1. The van der Waals surface area contributed by atoms with Gasteiger partial charge in [-0.05, 0) is 24.6 Å². The number of guanidine groups is 1. The van der Waals surface area contributed by atoms with Gasteiger partial charge >= 0.3 is 0 Å². The summed E-state index contributed by atoms with van der Waals surface area (Å²) in [5, 5.41) is 4.12. The Morgan fingerprint density at radius 3 is 2.68 bits per heavy atom. The molecule has 0 unspecified atom stereocenters. The Morgan fingerprint density at radius 2 is 2.05 bits per heavy atom. The molecule has 1 N–H and O–H groups in total. The lowest BCUT2D eigenvalue weighted by Gasteiger charge is -2.38. The van der Waals surface area contributed by atoms with Gasteiger partial charge in [-0.3, -0.25) is 4.99 Å². The topological polar surface area (TPSA) is 40.1 Å². The number of halogens is 1. The number of anilines is 1. The summed E-state index contributed by atoms with van der Waals surface area (Å²) in [6.45, 7) is 7.40. The minimum Gasteiger partial charge on any atom is -0.383 e. The number of methoxy groups -OCH3 is 1. The van der Waals surface area contributed by atoms with Crippen LogP contribution in [0.1, 0.15) is 5.56 Å². The van der Waals surface area contributed by atoms with Crippen molar-refractivity contribution in [2.24, 2.45) is 4.99 Å². The normalized spacial score (nSPS) is 16.1. The molecule has 1 fully saturated rings. The van der Waals surface area contributed by atoms with Crippen molar-refractivity contribution in [3.63, 3.8) is 0 Å². The second-order valence-corrected chi connectivity index (χ2v) is 5.81. The lowest BCUT2D eigenvalue weighted by Crippen LogP contribution is -2.53. The first kappa shape index (κ1) is 16.9. The van der Waals surface area contributed by atoms with Crippen LogP contribution in [0.25, 0.3) is 0 Å². The van der Waals surface area contributed by atoms with Crippen LogP contribution in [0.2, 0.25) is 5.02 Å². The fraction of sp³-hybridized carbons (Fsp3) is 0.562. The monoisotopic (exact) mass is 324 g/mol. The van der Waals surface area contributed by atoms with E-state index >= 15 is 0 Å². The Labute approximate surface area is 137 Å². The van der Waals surface area contributed by atoms with Crippen LogP contribution in [0.4, 0.5) is 5.69 Å². The molecule has 1 aromatic rings. The Balaban J connectivity index is 1.93. The van der Waals surface area contributed by atoms with E-state index in [0.29, 0.717) is 6.61 Å². The lowest BCUT2D eigenvalue weighted by atomic mass is 10.1. The summed E-state index contributed by atoms with van der Waals surface area (Å²) < 4.78 is 5.07. The maximum Gasteiger partial charge on any atom is 0.193 e. The molecule has 1 heterocycles. The predicted molar refractivity (Wildman–Crippen MR) is 93.2 cm³/mol. The molecule has 0 atom stereocenters. The number of hydrogen-bond acceptors (Lipinski definition) is 3. The predicted octanol–water partition coefficient (Wildman–Crippen LogP) is 1.99. The molecular weight excluding hydrogens is 300 g/mol. The quantitative estimate of drug-likeness (QED) is 0.522. The Morgan fingerprint density at radius 1 is 1.32 bits per heavy atom. The van der Waals surface area contributed by atoms with Crippen LogP contribution in [0.3, 0.4) is 0 Å². The average molecular weight is 325 g/mol. The van der Waals surface area contributed by atoms with E-state index in [2.05, 4.69) is 39.2 Å². The fourth-order valence-corrected chi connectivity index (χ4v) is 2.85. The number of aliphatic imine (C=N–C) groups is 1. The highest BCUT2D eigenvalue weighted by atomic mass is 35.5. The third kappa shape index (κ3) is 4.27. The molecule has 1 saturated heterocycles. The van der Waals surface area contributed by atoms with Gasteiger partial charge in [0.05, 0.1) is 6.61 Å². The highest BCUT2D eigenvalue weighted by molar-refractivity contribution is 6.30. The molecule has 0 aliphatic carbocycles. The van der Waals surface area contributed by atoms with E-state index in [4.69, 9.17) is 16.3 Å². The van der Waals surface area contributed by atoms with E-state index in [1.165, 1.54) is 11.3 Å². The van der Waals surface area contributed by atoms with Gasteiger partial charge < -0.3 is 19.9 Å². The molecule has 5 nitrogen and oxygen atoms in total. The first-order valence-corrected chi connectivity index (χ1v) is 7.99. The zero-order chi connectivity index (χ0) is 15.9. The smallest absolute Gasteiger partial charge is 0.193 e. The van der Waals surface area contributed by atoms with Crippen LogP contribution in [-0.2, 0) is 4.74 Å². The van der Waals surface area contributed by atoms with Crippen molar-refractivity contribution < 1.29 is 4.74 Å². The van der Waals surface area contributed by atoms with E-state index in [0.717, 1.165) is 43.7 Å². The summed E-state index contributed by atoms with van der Waals surface area (Å²) in [7, 11) is 3.53. The van der Waals surface area contributed by atoms with Gasteiger partial charge in [0, 0.05) is 57.6 Å². The number of piperazine rings is 1. The second-order valence-electron chi connectivity index (χ2n) is 5.37. The van der Waals surface area contributed by atoms with Crippen LogP contribution in [0, 0.1) is 6.92 Å². The van der Waals surface area contributed by atoms with E-state index in [9.17, 15) is 0 Å². The number of hydrogen-bond donors (Lipinski definition) is 1. The van der Waals surface area contributed by atoms with E-state index < -0.39 is 0 Å². The van der Waals surface area contributed by atoms with Gasteiger partial charge in [-0.2, -0.15) is 0 Å². The molecule has 2 rings (SSSR count). The summed E-state index contributed by atoms with van der Waals surface area (Å²) in [4.78, 5) is 9.02. The number of rotatable bonds is 4. The molecule has 0 saturated carbocycles. The standard InChI is InChI=1S/C16H25ClN4O/c1-13-4-5-14(17)12-15(13)20-7-9-21(10-8-20)16(18-2)19-6-11-22-3/h4-5,12H,6-11H2,1-3H3,(H,18,19). The molecule has 0 amide bonds. The molecule has 6 heteroatoms. The van der Waals surface area contributed by atoms with Crippen molar-refractivity contribution >= 4 is 23.2 Å². The van der Waals surface area contributed by atoms with Crippen molar-refractivity contribution in [2.45, 2.75) is 6.92 Å². The van der Waals surface area contributed by atoms with Crippen molar-refractivity contribution in [3.8, 4) is 0 Å². The first-order chi connectivity index (χ1) is 10.7. The van der Waals surface area contributed by atoms with Gasteiger partial charge in [0.15, 0.2) is 5.96 Å². The van der Waals surface area contributed by atoms with Crippen LogP contribution in [-0.4, -0.2) is 64.3 Å². The Bertz CT molecular complexity index is 513. The van der Waals surface area contributed by atoms with Crippen LogP contribution in [0.5, 0.6) is 0 Å². The zero-order valence-electron chi connectivity index (χ0n) is 13.6. The second kappa shape index (κ2) is 8.25. The largest absolute Gasteiger partial charge is 0.383 e. The van der Waals surface area contributed by atoms with Gasteiger partial charge in [-0.25, -0.2) is 0 Å². The summed E-state index contributed by atoms with van der Waals surface area (Å²) >= 11 is 6.13. The molecule has 0 aromatic heterocycles. The third-order valence-electron chi connectivity index (χ3n) is 3.89. The maximum absolute atomic E-state index is 6.13. The van der Waals surface area contributed by atoms with Crippen molar-refractivity contribution in [2.75, 3.05) is 58.4 Å². The molecule has 1 aliphatic rings. The Kier molecular flexibility index (Phi) is 6.34. The van der Waals surface area contributed by atoms with E-state index in [1.807, 2.05) is 13.1 Å². The molecule has 0 radical (unpaired) electrons. The van der Waals surface area contributed by atoms with E-state index in [1.54, 1.807) is 7.11 Å². The number of nitrogens with zero attached hydrogens (tertiary/aromatic N) is 3. The minimum atomic E-state index is 0.681. The van der Waals surface area contributed by atoms with Crippen LogP contribution < -0.4 is 10.2 Å². The summed E-state index contributed by atoms with van der Waals surface area (Å²) in [5.41, 5.74) is 2.50. The molecule has 1 aliphatic heterocycles. The van der Waals surface area contributed by atoms with Crippen molar-refractivity contribution in [1.82, 2.24) is 10.2 Å². The molecular formula is C16H25ClN4O. The Hall–Kier alpha value is -1.46. The van der Waals surface area contributed by atoms with Gasteiger partial charge in [0.25, 0.3) is 0 Å². The SMILES string of the molecule is CN=C(NCCOC)N1CCN(c2cc(Cl)ccc2C)CC1. The van der Waals surface area contributed by atoms with Crippen LogP contribution in [0.15, 0.2) is 23.2 Å². The summed E-state index contributed by atoms with van der Waals surface area (Å²) in [5.74, 6) is 0.944. The zero-order valence-corrected chi connectivity index (χ0v) is 14.4. The molecule has 1 aromatic carbocycles. The van der Waals surface area contributed by atoms with Gasteiger partial charge in [0.2, 0.25) is 0 Å². The number of ether oxygens (including phenoxy) is 1. The average Bonchev–Trinajstić information content (AvgIpc) is 2.54. The summed E-state index contributed by atoms with van der Waals surface area (Å²) in [6, 6.07) is 6.08. The molecule has 122 valence electrons. The first-order valence-electron chi connectivity index (χ1n) is 7.61. The highest BCUT2D eigenvalue weighted by Gasteiger charge is 2.20.